The number of nitrogens with two attached hydrogens (primary N) is 1. The Morgan fingerprint density at radius 2 is 1.67 bits per heavy atom. The quantitative estimate of drug-likeness (QED) is 0.383. The second-order valence-corrected chi connectivity index (χ2v) is 6.26. The number of hydrazone groups is 1. The molecule has 3 rings (SSSR count). The van der Waals surface area contributed by atoms with E-state index in [4.69, 9.17) is 22.4 Å². The van der Waals surface area contributed by atoms with E-state index in [-0.39, 0.29) is 5.11 Å². The van der Waals surface area contributed by atoms with Crippen molar-refractivity contribution in [1.29, 1.82) is 0 Å². The van der Waals surface area contributed by atoms with Gasteiger partial charge < -0.3 is 10.2 Å². The van der Waals surface area contributed by atoms with Crippen LogP contribution in [0.1, 0.15) is 5.76 Å². The van der Waals surface area contributed by atoms with E-state index in [2.05, 4.69) is 38.6 Å². The van der Waals surface area contributed by atoms with Crippen LogP contribution in [-0.4, -0.2) is 11.3 Å². The molecule has 0 spiro atoms. The summed E-state index contributed by atoms with van der Waals surface area (Å²) in [7, 11) is 0. The van der Waals surface area contributed by atoms with Crippen molar-refractivity contribution in [3.8, 4) is 22.5 Å². The summed E-state index contributed by atoms with van der Waals surface area (Å²) in [5.74, 6) is 1.37. The normalized spacial score (nSPS) is 10.9. The van der Waals surface area contributed by atoms with Crippen LogP contribution in [0.25, 0.3) is 22.5 Å². The molecule has 0 radical (unpaired) electrons. The lowest BCUT2D eigenvalue weighted by atomic mass is 9.98. The molecule has 0 fully saturated rings. The highest BCUT2D eigenvalue weighted by Gasteiger charge is 2.12. The van der Waals surface area contributed by atoms with E-state index in [0.717, 1.165) is 26.9 Å². The van der Waals surface area contributed by atoms with Crippen molar-refractivity contribution in [3.63, 3.8) is 0 Å². The second kappa shape index (κ2) is 7.42. The monoisotopic (exact) mass is 399 g/mol. The zero-order valence-corrected chi connectivity index (χ0v) is 15.0. The van der Waals surface area contributed by atoms with Gasteiger partial charge >= 0.3 is 0 Å². The third-order valence-electron chi connectivity index (χ3n) is 3.35. The summed E-state index contributed by atoms with van der Waals surface area (Å²) in [5, 5.41) is 4.01. The highest BCUT2D eigenvalue weighted by molar-refractivity contribution is 9.10. The standard InChI is InChI=1S/C18H14BrN3OS/c19-16-8-4-3-6-14(16)13-5-1-2-7-15(13)17-10-9-12(23-17)11-21-22-18(20)24/h1-11H,(H3,20,22,24)/b21-11+. The van der Waals surface area contributed by atoms with Gasteiger partial charge in [-0.3, -0.25) is 5.43 Å². The first-order valence-electron chi connectivity index (χ1n) is 7.18. The Kier molecular flexibility index (Phi) is 5.08. The zero-order chi connectivity index (χ0) is 16.9. The number of halogens is 1. The van der Waals surface area contributed by atoms with Gasteiger partial charge in [0.2, 0.25) is 0 Å². The Bertz CT molecular complexity index is 905. The molecule has 24 heavy (non-hydrogen) atoms. The van der Waals surface area contributed by atoms with Gasteiger partial charge in [0.05, 0.1) is 6.21 Å². The average molecular weight is 400 g/mol. The molecule has 4 nitrogen and oxygen atoms in total. The van der Waals surface area contributed by atoms with Crippen molar-refractivity contribution >= 4 is 39.5 Å². The highest BCUT2D eigenvalue weighted by Crippen LogP contribution is 2.36. The first-order valence-corrected chi connectivity index (χ1v) is 8.38. The molecule has 0 aliphatic rings. The van der Waals surface area contributed by atoms with Gasteiger partial charge in [-0.05, 0) is 41.5 Å². The Hall–Kier alpha value is -2.44. The Morgan fingerprint density at radius 3 is 2.38 bits per heavy atom. The van der Waals surface area contributed by atoms with Crippen LogP contribution in [0.2, 0.25) is 0 Å². The van der Waals surface area contributed by atoms with Crippen molar-refractivity contribution < 1.29 is 4.42 Å². The van der Waals surface area contributed by atoms with Crippen molar-refractivity contribution in [3.05, 3.63) is 70.9 Å². The molecule has 3 aromatic rings. The van der Waals surface area contributed by atoms with Gasteiger partial charge in [0.1, 0.15) is 11.5 Å². The summed E-state index contributed by atoms with van der Waals surface area (Å²) >= 11 is 8.30. The third kappa shape index (κ3) is 3.72. The maximum Gasteiger partial charge on any atom is 0.184 e. The van der Waals surface area contributed by atoms with Crippen LogP contribution in [0.5, 0.6) is 0 Å². The second-order valence-electron chi connectivity index (χ2n) is 4.96. The number of nitrogens with zero attached hydrogens (tertiary/aromatic N) is 1. The topological polar surface area (TPSA) is 63.5 Å². The summed E-state index contributed by atoms with van der Waals surface area (Å²) in [6.45, 7) is 0. The van der Waals surface area contributed by atoms with Crippen LogP contribution in [-0.2, 0) is 0 Å². The fraction of sp³-hybridized carbons (Fsp3) is 0. The van der Waals surface area contributed by atoms with Crippen molar-refractivity contribution in [2.75, 3.05) is 0 Å². The molecule has 0 unspecified atom stereocenters. The molecule has 3 N–H and O–H groups in total. The van der Waals surface area contributed by atoms with Crippen LogP contribution in [0, 0.1) is 0 Å². The van der Waals surface area contributed by atoms with E-state index in [0.29, 0.717) is 5.76 Å². The number of benzene rings is 2. The van der Waals surface area contributed by atoms with E-state index in [1.807, 2.05) is 48.5 Å². The van der Waals surface area contributed by atoms with E-state index >= 15 is 0 Å². The maximum atomic E-state index is 5.86. The van der Waals surface area contributed by atoms with Gasteiger partial charge in [0.15, 0.2) is 5.11 Å². The Balaban J connectivity index is 1.97. The predicted octanol–water partition coefficient (Wildman–Crippen LogP) is 4.54. The number of thiocarbonyl (C=S) groups is 1. The first-order chi connectivity index (χ1) is 11.6. The van der Waals surface area contributed by atoms with Gasteiger partial charge in [0, 0.05) is 10.0 Å². The molecule has 2 aromatic carbocycles. The summed E-state index contributed by atoms with van der Waals surface area (Å²) < 4.78 is 6.90. The average Bonchev–Trinajstić information content (AvgIpc) is 3.04. The van der Waals surface area contributed by atoms with Gasteiger partial charge in [-0.2, -0.15) is 5.10 Å². The van der Waals surface area contributed by atoms with Crippen LogP contribution < -0.4 is 11.2 Å². The fourth-order valence-electron chi connectivity index (χ4n) is 2.34. The van der Waals surface area contributed by atoms with Crippen LogP contribution >= 0.6 is 28.1 Å². The van der Waals surface area contributed by atoms with E-state index in [9.17, 15) is 0 Å². The van der Waals surface area contributed by atoms with Crippen molar-refractivity contribution in [1.82, 2.24) is 5.43 Å². The number of hydrogen-bond acceptors (Lipinski definition) is 3. The molecule has 6 heteroatoms. The third-order valence-corrected chi connectivity index (χ3v) is 4.13. The van der Waals surface area contributed by atoms with Gasteiger partial charge in [0.25, 0.3) is 0 Å². The minimum Gasteiger partial charge on any atom is -0.455 e. The number of nitrogens with one attached hydrogen (secondary N) is 1. The smallest absolute Gasteiger partial charge is 0.184 e. The van der Waals surface area contributed by atoms with Crippen LogP contribution in [0.3, 0.4) is 0 Å². The number of hydrogen-bond donors (Lipinski definition) is 2. The zero-order valence-electron chi connectivity index (χ0n) is 12.6. The summed E-state index contributed by atoms with van der Waals surface area (Å²) in [4.78, 5) is 0. The molecule has 120 valence electrons. The van der Waals surface area contributed by atoms with Crippen molar-refractivity contribution in [2.45, 2.75) is 0 Å². The molecule has 0 saturated heterocycles. The SMILES string of the molecule is NC(=S)N/N=C/c1ccc(-c2ccccc2-c2ccccc2Br)o1. The van der Waals surface area contributed by atoms with Crippen LogP contribution in [0.15, 0.2) is 74.7 Å². The van der Waals surface area contributed by atoms with Crippen molar-refractivity contribution in [2.24, 2.45) is 10.8 Å². The maximum absolute atomic E-state index is 5.86. The molecule has 0 aliphatic heterocycles. The number of rotatable bonds is 4. The fourth-order valence-corrected chi connectivity index (χ4v) is 2.89. The molecule has 0 atom stereocenters. The molecule has 0 bridgehead atoms. The molecule has 1 heterocycles. The van der Waals surface area contributed by atoms with Gasteiger partial charge in [-0.1, -0.05) is 58.4 Å². The summed E-state index contributed by atoms with van der Waals surface area (Å²) in [6.07, 6.45) is 1.53. The molecule has 0 amide bonds. The Labute approximate surface area is 153 Å². The highest BCUT2D eigenvalue weighted by atomic mass is 79.9. The van der Waals surface area contributed by atoms with E-state index < -0.39 is 0 Å². The van der Waals surface area contributed by atoms with Crippen LogP contribution in [0.4, 0.5) is 0 Å². The molecular weight excluding hydrogens is 386 g/mol. The number of furan rings is 1. The molecule has 1 aromatic heterocycles. The minimum absolute atomic E-state index is 0.109. The summed E-state index contributed by atoms with van der Waals surface area (Å²) in [6, 6.07) is 20.0. The lowest BCUT2D eigenvalue weighted by Gasteiger charge is -2.09. The largest absolute Gasteiger partial charge is 0.455 e. The lowest BCUT2D eigenvalue weighted by Crippen LogP contribution is -2.23. The minimum atomic E-state index is 0.109. The predicted molar refractivity (Wildman–Crippen MR) is 105 cm³/mol. The first kappa shape index (κ1) is 16.4. The van der Waals surface area contributed by atoms with E-state index in [1.54, 1.807) is 0 Å². The molecule has 0 saturated carbocycles. The van der Waals surface area contributed by atoms with E-state index in [1.165, 1.54) is 6.21 Å². The Morgan fingerprint density at radius 1 is 1.00 bits per heavy atom. The van der Waals surface area contributed by atoms with Gasteiger partial charge in [-0.15, -0.1) is 0 Å². The van der Waals surface area contributed by atoms with Gasteiger partial charge in [-0.25, -0.2) is 0 Å². The molecule has 0 aliphatic carbocycles. The lowest BCUT2D eigenvalue weighted by molar-refractivity contribution is 0.575. The molecular formula is C18H14BrN3OS. The summed E-state index contributed by atoms with van der Waals surface area (Å²) in [5.41, 5.74) is 11.0.